The van der Waals surface area contributed by atoms with Gasteiger partial charge in [-0.15, -0.1) is 0 Å². The van der Waals surface area contributed by atoms with Gasteiger partial charge in [0.2, 0.25) is 0 Å². The molecule has 23 heavy (non-hydrogen) atoms. The summed E-state index contributed by atoms with van der Waals surface area (Å²) in [6.45, 7) is 8.53. The molecule has 1 spiro atoms. The third-order valence-corrected chi connectivity index (χ3v) is 8.70. The van der Waals surface area contributed by atoms with E-state index in [-0.39, 0.29) is 22.9 Å². The summed E-state index contributed by atoms with van der Waals surface area (Å²) in [5.74, 6) is 0.581. The topological polar surface area (TPSA) is 57.5 Å². The molecule has 2 bridgehead atoms. The lowest BCUT2D eigenvalue weighted by Gasteiger charge is -2.63. The first kappa shape index (κ1) is 15.7. The maximum absolute atomic E-state index is 12.0. The van der Waals surface area contributed by atoms with Crippen LogP contribution in [0.4, 0.5) is 0 Å². The minimum Gasteiger partial charge on any atom is -0.481 e. The summed E-state index contributed by atoms with van der Waals surface area (Å²) in [7, 11) is 0. The van der Waals surface area contributed by atoms with E-state index < -0.39 is 11.4 Å². The Labute approximate surface area is 139 Å². The molecule has 0 amide bonds. The Morgan fingerprint density at radius 3 is 2.57 bits per heavy atom. The zero-order valence-corrected chi connectivity index (χ0v) is 14.5. The zero-order valence-electron chi connectivity index (χ0n) is 14.5. The Hall–Kier alpha value is -0.830. The quantitative estimate of drug-likeness (QED) is 0.718. The second-order valence-electron chi connectivity index (χ2n) is 9.41. The second-order valence-corrected chi connectivity index (χ2v) is 9.41. The number of hydrogen-bond acceptors (Lipinski definition) is 2. The molecule has 4 aliphatic rings. The van der Waals surface area contributed by atoms with Crippen molar-refractivity contribution in [2.45, 2.75) is 71.3 Å². The van der Waals surface area contributed by atoms with E-state index in [0.717, 1.165) is 56.9 Å². The van der Waals surface area contributed by atoms with Crippen LogP contribution in [0.3, 0.4) is 0 Å². The molecular weight excluding hydrogens is 288 g/mol. The lowest BCUT2D eigenvalue weighted by Crippen LogP contribution is -2.60. The SMILES string of the molecule is C=C1[C@@H]2CCC3[C@]4(C)CCC[C@@](C)(C(=O)O)C4CC[C@]3(C2)[C@@H]1O. The molecule has 4 fully saturated rings. The first-order chi connectivity index (χ1) is 10.8. The molecule has 0 aromatic rings. The van der Waals surface area contributed by atoms with Gasteiger partial charge in [-0.05, 0) is 80.6 Å². The number of fused-ring (bicyclic) bond motifs is 3. The molecule has 0 saturated heterocycles. The highest BCUT2D eigenvalue weighted by Gasteiger charge is 2.67. The van der Waals surface area contributed by atoms with Crippen molar-refractivity contribution in [3.05, 3.63) is 12.2 Å². The second kappa shape index (κ2) is 4.62. The fourth-order valence-corrected chi connectivity index (χ4v) is 7.62. The highest BCUT2D eigenvalue weighted by molar-refractivity contribution is 5.75. The molecular formula is C20H30O3. The van der Waals surface area contributed by atoms with Gasteiger partial charge in [-0.1, -0.05) is 19.9 Å². The molecule has 0 radical (unpaired) electrons. The summed E-state index contributed by atoms with van der Waals surface area (Å²) in [4.78, 5) is 12.0. The normalized spacial score (nSPS) is 55.2. The van der Waals surface area contributed by atoms with E-state index in [2.05, 4.69) is 13.5 Å². The number of aliphatic hydroxyl groups excluding tert-OH is 1. The predicted molar refractivity (Wildman–Crippen MR) is 88.8 cm³/mol. The fraction of sp³-hybridized carbons (Fsp3) is 0.850. The number of carboxylic acids is 1. The van der Waals surface area contributed by atoms with Crippen molar-refractivity contribution in [3.63, 3.8) is 0 Å². The van der Waals surface area contributed by atoms with Gasteiger partial charge in [0.1, 0.15) is 0 Å². The van der Waals surface area contributed by atoms with Crippen molar-refractivity contribution >= 4 is 5.97 Å². The molecule has 0 aliphatic heterocycles. The van der Waals surface area contributed by atoms with Gasteiger partial charge in [0, 0.05) is 5.41 Å². The van der Waals surface area contributed by atoms with Crippen LogP contribution in [-0.4, -0.2) is 22.3 Å². The summed E-state index contributed by atoms with van der Waals surface area (Å²) in [6, 6.07) is 0. The van der Waals surface area contributed by atoms with E-state index in [1.807, 2.05) is 6.92 Å². The first-order valence-electron chi connectivity index (χ1n) is 9.36. The van der Waals surface area contributed by atoms with Crippen LogP contribution in [0, 0.1) is 34.0 Å². The number of rotatable bonds is 1. The van der Waals surface area contributed by atoms with Crippen LogP contribution < -0.4 is 0 Å². The minimum absolute atomic E-state index is 0.0119. The smallest absolute Gasteiger partial charge is 0.309 e. The van der Waals surface area contributed by atoms with Crippen LogP contribution in [0.1, 0.15) is 65.2 Å². The standard InChI is InChI=1S/C20H30O3/c1-12-13-5-6-15-18(2)8-4-9-19(3,17(22)23)14(18)7-10-20(15,11-13)16(12)21/h13-16,21H,1,4-11H2,2-3H3,(H,22,23)/t13-,14?,15?,16-,18-,19-,20-/m1/s1. The Morgan fingerprint density at radius 1 is 1.13 bits per heavy atom. The van der Waals surface area contributed by atoms with Gasteiger partial charge in [0.25, 0.3) is 0 Å². The maximum Gasteiger partial charge on any atom is 0.309 e. The van der Waals surface area contributed by atoms with E-state index in [0.29, 0.717) is 11.8 Å². The molecule has 4 rings (SSSR count). The van der Waals surface area contributed by atoms with Gasteiger partial charge in [-0.3, -0.25) is 4.79 Å². The average molecular weight is 318 g/mol. The number of aliphatic hydroxyl groups is 1. The Balaban J connectivity index is 1.78. The zero-order chi connectivity index (χ0) is 16.6. The number of aliphatic carboxylic acids is 1. The van der Waals surface area contributed by atoms with E-state index in [1.54, 1.807) is 0 Å². The Morgan fingerprint density at radius 2 is 1.87 bits per heavy atom. The van der Waals surface area contributed by atoms with Crippen molar-refractivity contribution in [2.24, 2.45) is 34.0 Å². The van der Waals surface area contributed by atoms with Gasteiger partial charge < -0.3 is 10.2 Å². The summed E-state index contributed by atoms with van der Waals surface area (Å²) in [6.07, 6.45) is 7.86. The lowest BCUT2D eigenvalue weighted by molar-refractivity contribution is -0.190. The van der Waals surface area contributed by atoms with E-state index in [4.69, 9.17) is 0 Å². The molecule has 2 N–H and O–H groups in total. The molecule has 7 atom stereocenters. The number of carboxylic acid groups (broad SMARTS) is 1. The molecule has 3 heteroatoms. The van der Waals surface area contributed by atoms with Crippen LogP contribution in [0.5, 0.6) is 0 Å². The van der Waals surface area contributed by atoms with Crippen LogP contribution in [-0.2, 0) is 4.79 Å². The van der Waals surface area contributed by atoms with Gasteiger partial charge in [0.05, 0.1) is 11.5 Å². The highest BCUT2D eigenvalue weighted by Crippen LogP contribution is 2.72. The van der Waals surface area contributed by atoms with E-state index in [9.17, 15) is 15.0 Å². The van der Waals surface area contributed by atoms with Gasteiger partial charge in [0.15, 0.2) is 0 Å². The summed E-state index contributed by atoms with van der Waals surface area (Å²) >= 11 is 0. The molecule has 0 aromatic heterocycles. The lowest BCUT2D eigenvalue weighted by atomic mass is 9.40. The minimum atomic E-state index is -0.616. The third kappa shape index (κ3) is 1.72. The van der Waals surface area contributed by atoms with Crippen LogP contribution in [0.15, 0.2) is 12.2 Å². The fourth-order valence-electron chi connectivity index (χ4n) is 7.62. The molecule has 2 unspecified atom stereocenters. The number of carbonyl (C=O) groups is 1. The van der Waals surface area contributed by atoms with E-state index in [1.165, 1.54) is 0 Å². The van der Waals surface area contributed by atoms with E-state index >= 15 is 0 Å². The monoisotopic (exact) mass is 318 g/mol. The van der Waals surface area contributed by atoms with Crippen molar-refractivity contribution in [1.82, 2.24) is 0 Å². The predicted octanol–water partition coefficient (Wildman–Crippen LogP) is 4.01. The Bertz CT molecular complexity index is 569. The molecule has 4 saturated carbocycles. The van der Waals surface area contributed by atoms with Gasteiger partial charge in [-0.25, -0.2) is 0 Å². The first-order valence-corrected chi connectivity index (χ1v) is 9.36. The average Bonchev–Trinajstić information content (AvgIpc) is 2.68. The van der Waals surface area contributed by atoms with Crippen molar-refractivity contribution in [3.8, 4) is 0 Å². The summed E-state index contributed by atoms with van der Waals surface area (Å²) in [5, 5.41) is 20.9. The highest BCUT2D eigenvalue weighted by atomic mass is 16.4. The summed E-state index contributed by atoms with van der Waals surface area (Å²) in [5.41, 5.74) is 0.514. The van der Waals surface area contributed by atoms with Gasteiger partial charge >= 0.3 is 5.97 Å². The maximum atomic E-state index is 12.0. The third-order valence-electron chi connectivity index (χ3n) is 8.70. The molecule has 0 heterocycles. The molecule has 3 nitrogen and oxygen atoms in total. The van der Waals surface area contributed by atoms with Crippen molar-refractivity contribution in [2.75, 3.05) is 0 Å². The largest absolute Gasteiger partial charge is 0.481 e. The van der Waals surface area contributed by atoms with Crippen LogP contribution in [0.2, 0.25) is 0 Å². The van der Waals surface area contributed by atoms with Gasteiger partial charge in [-0.2, -0.15) is 0 Å². The Kier molecular flexibility index (Phi) is 3.15. The number of hydrogen-bond donors (Lipinski definition) is 2. The van der Waals surface area contributed by atoms with Crippen molar-refractivity contribution in [1.29, 1.82) is 0 Å². The summed E-state index contributed by atoms with van der Waals surface area (Å²) < 4.78 is 0. The van der Waals surface area contributed by atoms with Crippen molar-refractivity contribution < 1.29 is 15.0 Å². The molecule has 0 aromatic carbocycles. The van der Waals surface area contributed by atoms with Crippen LogP contribution >= 0.6 is 0 Å². The molecule has 128 valence electrons. The molecule has 4 aliphatic carbocycles. The van der Waals surface area contributed by atoms with Crippen LogP contribution in [0.25, 0.3) is 0 Å².